The molecule has 0 bridgehead atoms. The van der Waals surface area contributed by atoms with E-state index in [0.717, 1.165) is 30.2 Å². The first-order chi connectivity index (χ1) is 16.9. The zero-order valence-corrected chi connectivity index (χ0v) is 23.4. The molecule has 35 heavy (non-hydrogen) atoms. The van der Waals surface area contributed by atoms with Crippen LogP contribution in [-0.2, 0) is 6.42 Å². The fourth-order valence-corrected chi connectivity index (χ4v) is 5.58. The second kappa shape index (κ2) is 14.2. The molecule has 0 fully saturated rings. The molecule has 0 aliphatic carbocycles. The zero-order valence-electron chi connectivity index (χ0n) is 22.4. The molecule has 4 heteroatoms. The Kier molecular flexibility index (Phi) is 11.0. The highest BCUT2D eigenvalue weighted by molar-refractivity contribution is 6.76. The van der Waals surface area contributed by atoms with Gasteiger partial charge in [-0.3, -0.25) is 0 Å². The van der Waals surface area contributed by atoms with Crippen LogP contribution >= 0.6 is 0 Å². The minimum absolute atomic E-state index is 0.734. The SMILES string of the molecule is CCCCCCc1ccc(-c2ccc(-c3ncc(OCCCCCC[Si](C)(C)C)cn3)cc2)cc1. The molecule has 0 aliphatic heterocycles. The minimum atomic E-state index is -0.889. The van der Waals surface area contributed by atoms with Gasteiger partial charge in [-0.15, -0.1) is 0 Å². The summed E-state index contributed by atoms with van der Waals surface area (Å²) in [5, 5.41) is 0. The van der Waals surface area contributed by atoms with E-state index in [4.69, 9.17) is 4.74 Å². The number of hydrogen-bond donors (Lipinski definition) is 0. The predicted molar refractivity (Wildman–Crippen MR) is 153 cm³/mol. The lowest BCUT2D eigenvalue weighted by atomic mass is 10.00. The largest absolute Gasteiger partial charge is 0.490 e. The van der Waals surface area contributed by atoms with Crippen molar-refractivity contribution >= 4 is 8.07 Å². The fraction of sp³-hybridized carbons (Fsp3) is 0.484. The lowest BCUT2D eigenvalue weighted by Crippen LogP contribution is -2.18. The average molecular weight is 489 g/mol. The molecule has 0 saturated heterocycles. The van der Waals surface area contributed by atoms with Crippen LogP contribution < -0.4 is 4.74 Å². The van der Waals surface area contributed by atoms with Crippen molar-refractivity contribution in [2.75, 3.05) is 6.61 Å². The van der Waals surface area contributed by atoms with Gasteiger partial charge in [0, 0.05) is 13.6 Å². The summed E-state index contributed by atoms with van der Waals surface area (Å²) in [5.41, 5.74) is 4.92. The highest BCUT2D eigenvalue weighted by atomic mass is 28.3. The molecule has 0 radical (unpaired) electrons. The fourth-order valence-electron chi connectivity index (χ4n) is 4.27. The van der Waals surface area contributed by atoms with Gasteiger partial charge in [0.05, 0.1) is 19.0 Å². The number of ether oxygens (including phenoxy) is 1. The van der Waals surface area contributed by atoms with E-state index in [9.17, 15) is 0 Å². The Morgan fingerprint density at radius 1 is 0.657 bits per heavy atom. The van der Waals surface area contributed by atoms with Gasteiger partial charge in [0.25, 0.3) is 0 Å². The van der Waals surface area contributed by atoms with E-state index >= 15 is 0 Å². The average Bonchev–Trinajstić information content (AvgIpc) is 2.86. The number of unbranched alkanes of at least 4 members (excludes halogenated alkanes) is 6. The maximum absolute atomic E-state index is 5.85. The van der Waals surface area contributed by atoms with Crippen molar-refractivity contribution in [2.45, 2.75) is 90.4 Å². The number of rotatable bonds is 15. The molecular weight excluding hydrogens is 444 g/mol. The Balaban J connectivity index is 1.43. The van der Waals surface area contributed by atoms with Crippen LogP contribution in [0.2, 0.25) is 25.7 Å². The number of aryl methyl sites for hydroxylation is 1. The zero-order chi connectivity index (χ0) is 24.9. The van der Waals surface area contributed by atoms with Gasteiger partial charge in [-0.1, -0.05) is 120 Å². The molecule has 0 N–H and O–H groups in total. The molecule has 3 aromatic rings. The summed E-state index contributed by atoms with van der Waals surface area (Å²) in [5.74, 6) is 1.49. The Morgan fingerprint density at radius 2 is 1.23 bits per heavy atom. The Bertz CT molecular complexity index is 976. The van der Waals surface area contributed by atoms with Gasteiger partial charge in [-0.25, -0.2) is 9.97 Å². The van der Waals surface area contributed by atoms with E-state index < -0.39 is 8.07 Å². The molecule has 3 rings (SSSR count). The molecule has 1 heterocycles. The number of benzene rings is 2. The van der Waals surface area contributed by atoms with E-state index in [0.29, 0.717) is 0 Å². The first-order valence-electron chi connectivity index (χ1n) is 13.6. The van der Waals surface area contributed by atoms with E-state index in [1.54, 1.807) is 12.4 Å². The van der Waals surface area contributed by atoms with Crippen LogP contribution in [0, 0.1) is 0 Å². The molecule has 0 amide bonds. The van der Waals surface area contributed by atoms with Crippen LogP contribution in [-0.4, -0.2) is 24.6 Å². The van der Waals surface area contributed by atoms with Crippen molar-refractivity contribution in [3.63, 3.8) is 0 Å². The molecule has 0 aliphatic rings. The molecule has 2 aromatic carbocycles. The van der Waals surface area contributed by atoms with Crippen molar-refractivity contribution in [1.82, 2.24) is 9.97 Å². The first-order valence-corrected chi connectivity index (χ1v) is 17.3. The van der Waals surface area contributed by atoms with Crippen LogP contribution in [0.3, 0.4) is 0 Å². The summed E-state index contributed by atoms with van der Waals surface area (Å²) in [4.78, 5) is 9.06. The van der Waals surface area contributed by atoms with E-state index in [1.807, 2.05) is 0 Å². The number of aromatic nitrogens is 2. The van der Waals surface area contributed by atoms with Gasteiger partial charge in [0.2, 0.25) is 0 Å². The Morgan fingerprint density at radius 3 is 1.86 bits per heavy atom. The van der Waals surface area contributed by atoms with Crippen LogP contribution in [0.4, 0.5) is 0 Å². The van der Waals surface area contributed by atoms with Crippen molar-refractivity contribution in [3.05, 3.63) is 66.5 Å². The summed E-state index contributed by atoms with van der Waals surface area (Å²) in [6.07, 6.45) is 15.0. The summed E-state index contributed by atoms with van der Waals surface area (Å²) in [6.45, 7) is 10.3. The van der Waals surface area contributed by atoms with Gasteiger partial charge in [-0.2, -0.15) is 0 Å². The first kappa shape index (κ1) is 27.1. The third-order valence-corrected chi connectivity index (χ3v) is 8.32. The normalized spacial score (nSPS) is 11.5. The summed E-state index contributed by atoms with van der Waals surface area (Å²) >= 11 is 0. The lowest BCUT2D eigenvalue weighted by Gasteiger charge is -2.14. The van der Waals surface area contributed by atoms with Crippen LogP contribution in [0.5, 0.6) is 5.75 Å². The maximum atomic E-state index is 5.85. The number of hydrogen-bond acceptors (Lipinski definition) is 3. The molecule has 0 saturated carbocycles. The summed E-state index contributed by atoms with van der Waals surface area (Å²) in [6, 6.07) is 18.9. The smallest absolute Gasteiger partial charge is 0.159 e. The number of nitrogens with zero attached hydrogens (tertiary/aromatic N) is 2. The third kappa shape index (κ3) is 9.97. The van der Waals surface area contributed by atoms with Crippen LogP contribution in [0.15, 0.2) is 60.9 Å². The van der Waals surface area contributed by atoms with Gasteiger partial charge >= 0.3 is 0 Å². The monoisotopic (exact) mass is 488 g/mol. The van der Waals surface area contributed by atoms with E-state index in [-0.39, 0.29) is 0 Å². The van der Waals surface area contributed by atoms with Gasteiger partial charge < -0.3 is 4.74 Å². The van der Waals surface area contributed by atoms with Gasteiger partial charge in [-0.05, 0) is 36.0 Å². The second-order valence-electron chi connectivity index (χ2n) is 10.9. The predicted octanol–water partition coefficient (Wildman–Crippen LogP) is 9.21. The maximum Gasteiger partial charge on any atom is 0.159 e. The molecule has 0 atom stereocenters. The van der Waals surface area contributed by atoms with Gasteiger partial charge in [0.15, 0.2) is 11.6 Å². The second-order valence-corrected chi connectivity index (χ2v) is 16.5. The highest BCUT2D eigenvalue weighted by Gasteiger charge is 2.11. The third-order valence-electron chi connectivity index (χ3n) is 6.47. The van der Waals surface area contributed by atoms with Crippen LogP contribution in [0.25, 0.3) is 22.5 Å². The minimum Gasteiger partial charge on any atom is -0.490 e. The van der Waals surface area contributed by atoms with E-state index in [2.05, 4.69) is 85.1 Å². The summed E-state index contributed by atoms with van der Waals surface area (Å²) < 4.78 is 5.85. The van der Waals surface area contributed by atoms with Crippen molar-refractivity contribution in [1.29, 1.82) is 0 Å². The molecule has 188 valence electrons. The Hall–Kier alpha value is -2.46. The van der Waals surface area contributed by atoms with Crippen molar-refractivity contribution < 1.29 is 4.74 Å². The molecule has 0 unspecified atom stereocenters. The molecule has 1 aromatic heterocycles. The molecule has 3 nitrogen and oxygen atoms in total. The standard InChI is InChI=1S/C31H44N2OSi/c1-5-6-7-10-13-26-14-16-27(17-15-26)28-18-20-29(21-19-28)31-32-24-30(25-33-31)34-22-11-8-9-12-23-35(2,3)4/h14-21,24-25H,5-13,22-23H2,1-4H3. The highest BCUT2D eigenvalue weighted by Crippen LogP contribution is 2.24. The van der Waals surface area contributed by atoms with Crippen molar-refractivity contribution in [2.24, 2.45) is 0 Å². The quantitative estimate of drug-likeness (QED) is 0.158. The van der Waals surface area contributed by atoms with Gasteiger partial charge in [0.1, 0.15) is 0 Å². The molecular formula is C31H44N2OSi. The molecule has 0 spiro atoms. The van der Waals surface area contributed by atoms with E-state index in [1.165, 1.54) is 74.1 Å². The van der Waals surface area contributed by atoms with Crippen LogP contribution in [0.1, 0.15) is 63.9 Å². The lowest BCUT2D eigenvalue weighted by molar-refractivity contribution is 0.302. The summed E-state index contributed by atoms with van der Waals surface area (Å²) in [7, 11) is -0.889. The topological polar surface area (TPSA) is 35.0 Å². The van der Waals surface area contributed by atoms with Crippen molar-refractivity contribution in [3.8, 4) is 28.3 Å². The Labute approximate surface area is 214 Å².